The van der Waals surface area contributed by atoms with Crippen LogP contribution in [-0.4, -0.2) is 29.8 Å². The second kappa shape index (κ2) is 6.85. The molecule has 19 heavy (non-hydrogen) atoms. The van der Waals surface area contributed by atoms with Crippen LogP contribution < -0.4 is 0 Å². The first-order valence-electron chi connectivity index (χ1n) is 7.54. The number of Topliss-reactive ketones (excluding diaryl/α,β-unsaturated/α-hetero) is 1. The maximum atomic E-state index is 12.3. The second-order valence-electron chi connectivity index (χ2n) is 5.64. The molecule has 104 valence electrons. The van der Waals surface area contributed by atoms with Crippen LogP contribution in [0.5, 0.6) is 0 Å². The molecule has 2 heteroatoms. The Balaban J connectivity index is 1.97. The Bertz CT molecular complexity index is 404. The van der Waals surface area contributed by atoms with E-state index in [1.54, 1.807) is 0 Å². The number of hydrogen-bond donors (Lipinski definition) is 0. The predicted molar refractivity (Wildman–Crippen MR) is 79.6 cm³/mol. The number of nitrogens with zero attached hydrogens (tertiary/aromatic N) is 1. The monoisotopic (exact) mass is 259 g/mol. The highest BCUT2D eigenvalue weighted by Gasteiger charge is 2.22. The Morgan fingerprint density at radius 1 is 1.16 bits per heavy atom. The summed E-state index contributed by atoms with van der Waals surface area (Å²) in [5.41, 5.74) is 2.05. The van der Waals surface area contributed by atoms with Gasteiger partial charge in [0.05, 0.1) is 6.54 Å². The number of likely N-dealkylation sites (N-methyl/N-ethyl adjacent to an activating group) is 1. The van der Waals surface area contributed by atoms with Crippen molar-refractivity contribution in [1.29, 1.82) is 0 Å². The summed E-state index contributed by atoms with van der Waals surface area (Å²) in [6.45, 7) is 5.76. The van der Waals surface area contributed by atoms with Crippen LogP contribution in [0.1, 0.15) is 54.9 Å². The van der Waals surface area contributed by atoms with E-state index in [0.29, 0.717) is 12.6 Å². The summed E-state index contributed by atoms with van der Waals surface area (Å²) in [4.78, 5) is 14.7. The third-order valence-corrected chi connectivity index (χ3v) is 4.22. The highest BCUT2D eigenvalue weighted by molar-refractivity contribution is 5.97. The zero-order valence-electron chi connectivity index (χ0n) is 12.2. The Kier molecular flexibility index (Phi) is 5.15. The van der Waals surface area contributed by atoms with Crippen molar-refractivity contribution < 1.29 is 4.79 Å². The summed E-state index contributed by atoms with van der Waals surface area (Å²) in [7, 11) is 0. The van der Waals surface area contributed by atoms with Crippen LogP contribution in [0.4, 0.5) is 0 Å². The lowest BCUT2D eigenvalue weighted by Gasteiger charge is -2.33. The van der Waals surface area contributed by atoms with Crippen molar-refractivity contribution >= 4 is 5.78 Å². The average molecular weight is 259 g/mol. The lowest BCUT2D eigenvalue weighted by atomic mass is 9.94. The van der Waals surface area contributed by atoms with E-state index in [-0.39, 0.29) is 5.78 Å². The molecule has 0 bridgehead atoms. The molecule has 0 saturated heterocycles. The summed E-state index contributed by atoms with van der Waals surface area (Å²) in [5.74, 6) is 0.257. The van der Waals surface area contributed by atoms with Gasteiger partial charge < -0.3 is 0 Å². The minimum absolute atomic E-state index is 0.257. The number of aryl methyl sites for hydroxylation is 1. The molecule has 1 aliphatic rings. The van der Waals surface area contributed by atoms with Crippen LogP contribution in [0.2, 0.25) is 0 Å². The van der Waals surface area contributed by atoms with Gasteiger partial charge in [-0.05, 0) is 26.3 Å². The third-order valence-electron chi connectivity index (χ3n) is 4.22. The number of rotatable bonds is 5. The molecule has 2 nitrogen and oxygen atoms in total. The first kappa shape index (κ1) is 14.3. The molecule has 2 rings (SSSR count). The Morgan fingerprint density at radius 2 is 1.79 bits per heavy atom. The van der Waals surface area contributed by atoms with E-state index < -0.39 is 0 Å². The van der Waals surface area contributed by atoms with Crippen LogP contribution in [0.15, 0.2) is 24.3 Å². The molecule has 0 radical (unpaired) electrons. The van der Waals surface area contributed by atoms with Gasteiger partial charge in [-0.3, -0.25) is 9.69 Å². The molecule has 0 aromatic heterocycles. The Hall–Kier alpha value is -1.15. The molecule has 0 atom stereocenters. The topological polar surface area (TPSA) is 20.3 Å². The Morgan fingerprint density at radius 3 is 2.37 bits per heavy atom. The summed E-state index contributed by atoms with van der Waals surface area (Å²) < 4.78 is 0. The van der Waals surface area contributed by atoms with Crippen molar-refractivity contribution in [2.75, 3.05) is 13.1 Å². The van der Waals surface area contributed by atoms with E-state index in [4.69, 9.17) is 0 Å². The molecule has 1 fully saturated rings. The Labute approximate surface area is 116 Å². The van der Waals surface area contributed by atoms with Gasteiger partial charge in [0.25, 0.3) is 0 Å². The van der Waals surface area contributed by atoms with Crippen molar-refractivity contribution in [2.24, 2.45) is 0 Å². The maximum Gasteiger partial charge on any atom is 0.176 e. The van der Waals surface area contributed by atoms with Gasteiger partial charge in [0.2, 0.25) is 0 Å². The zero-order valence-corrected chi connectivity index (χ0v) is 12.2. The van der Waals surface area contributed by atoms with E-state index in [1.165, 1.54) is 37.7 Å². The highest BCUT2D eigenvalue weighted by Crippen LogP contribution is 2.22. The average Bonchev–Trinajstić information content (AvgIpc) is 2.46. The van der Waals surface area contributed by atoms with Crippen molar-refractivity contribution in [1.82, 2.24) is 4.90 Å². The maximum absolute atomic E-state index is 12.3. The summed E-state index contributed by atoms with van der Waals surface area (Å²) in [6.07, 6.45) is 6.52. The first-order valence-corrected chi connectivity index (χ1v) is 7.54. The molecular formula is C17H25NO. The smallest absolute Gasteiger partial charge is 0.176 e. The van der Waals surface area contributed by atoms with E-state index >= 15 is 0 Å². The van der Waals surface area contributed by atoms with E-state index in [1.807, 2.05) is 24.3 Å². The minimum Gasteiger partial charge on any atom is -0.293 e. The molecule has 0 spiro atoms. The van der Waals surface area contributed by atoms with E-state index in [2.05, 4.69) is 18.7 Å². The van der Waals surface area contributed by atoms with Crippen molar-refractivity contribution in [2.45, 2.75) is 52.0 Å². The molecule has 0 unspecified atom stereocenters. The fourth-order valence-electron chi connectivity index (χ4n) is 2.96. The molecule has 0 amide bonds. The number of carbonyl (C=O) groups is 1. The van der Waals surface area contributed by atoms with E-state index in [0.717, 1.165) is 12.1 Å². The van der Waals surface area contributed by atoms with Crippen molar-refractivity contribution in [3.63, 3.8) is 0 Å². The molecule has 0 N–H and O–H groups in total. The number of ketones is 1. The van der Waals surface area contributed by atoms with Crippen LogP contribution in [0.3, 0.4) is 0 Å². The van der Waals surface area contributed by atoms with Gasteiger partial charge in [-0.2, -0.15) is 0 Å². The molecule has 1 saturated carbocycles. The van der Waals surface area contributed by atoms with Gasteiger partial charge in [-0.15, -0.1) is 0 Å². The minimum atomic E-state index is 0.257. The van der Waals surface area contributed by atoms with Crippen molar-refractivity contribution in [3.05, 3.63) is 35.4 Å². The summed E-state index contributed by atoms with van der Waals surface area (Å²) in [6, 6.07) is 8.56. The molecule has 1 aromatic rings. The number of carbonyl (C=O) groups excluding carboxylic acids is 1. The van der Waals surface area contributed by atoms with Crippen LogP contribution in [0, 0.1) is 6.92 Å². The fraction of sp³-hybridized carbons (Fsp3) is 0.588. The third kappa shape index (κ3) is 3.90. The van der Waals surface area contributed by atoms with Crippen molar-refractivity contribution in [3.8, 4) is 0 Å². The molecular weight excluding hydrogens is 234 g/mol. The zero-order chi connectivity index (χ0) is 13.7. The summed E-state index contributed by atoms with van der Waals surface area (Å²) in [5, 5.41) is 0. The largest absolute Gasteiger partial charge is 0.293 e. The SMILES string of the molecule is CCN(CC(=O)c1ccc(C)cc1)C1CCCCC1. The number of hydrogen-bond acceptors (Lipinski definition) is 2. The van der Waals surface area contributed by atoms with Crippen LogP contribution >= 0.6 is 0 Å². The van der Waals surface area contributed by atoms with Gasteiger partial charge in [0, 0.05) is 11.6 Å². The fourth-order valence-corrected chi connectivity index (χ4v) is 2.96. The number of benzene rings is 1. The van der Waals surface area contributed by atoms with Gasteiger partial charge in [0.15, 0.2) is 5.78 Å². The molecule has 1 aromatic carbocycles. The van der Waals surface area contributed by atoms with Gasteiger partial charge in [0.1, 0.15) is 0 Å². The predicted octanol–water partition coefficient (Wildman–Crippen LogP) is 3.83. The van der Waals surface area contributed by atoms with Crippen LogP contribution in [-0.2, 0) is 0 Å². The lowest BCUT2D eigenvalue weighted by Crippen LogP contribution is -2.40. The second-order valence-corrected chi connectivity index (χ2v) is 5.64. The van der Waals surface area contributed by atoms with Gasteiger partial charge in [-0.25, -0.2) is 0 Å². The summed E-state index contributed by atoms with van der Waals surface area (Å²) >= 11 is 0. The first-order chi connectivity index (χ1) is 9.20. The van der Waals surface area contributed by atoms with Crippen LogP contribution in [0.25, 0.3) is 0 Å². The van der Waals surface area contributed by atoms with Gasteiger partial charge >= 0.3 is 0 Å². The van der Waals surface area contributed by atoms with E-state index in [9.17, 15) is 4.79 Å². The molecule has 0 heterocycles. The standard InChI is InChI=1S/C17H25NO/c1-3-18(16-7-5-4-6-8-16)13-17(19)15-11-9-14(2)10-12-15/h9-12,16H,3-8,13H2,1-2H3. The molecule has 0 aliphatic heterocycles. The molecule has 1 aliphatic carbocycles. The normalized spacial score (nSPS) is 16.8. The quantitative estimate of drug-likeness (QED) is 0.749. The lowest BCUT2D eigenvalue weighted by molar-refractivity contribution is 0.0868. The van der Waals surface area contributed by atoms with Gasteiger partial charge in [-0.1, -0.05) is 56.0 Å². The highest BCUT2D eigenvalue weighted by atomic mass is 16.1.